The van der Waals surface area contributed by atoms with E-state index in [-0.39, 0.29) is 24.2 Å². The van der Waals surface area contributed by atoms with Crippen LogP contribution in [0.3, 0.4) is 0 Å². The summed E-state index contributed by atoms with van der Waals surface area (Å²) < 4.78 is 5.35. The van der Waals surface area contributed by atoms with E-state index in [2.05, 4.69) is 5.32 Å². The maximum atomic E-state index is 11.5. The van der Waals surface area contributed by atoms with Crippen molar-refractivity contribution in [1.29, 1.82) is 0 Å². The molecule has 1 saturated carbocycles. The predicted molar refractivity (Wildman–Crippen MR) is 62.1 cm³/mol. The normalized spacial score (nSPS) is 25.0. The van der Waals surface area contributed by atoms with Gasteiger partial charge in [-0.1, -0.05) is 0 Å². The van der Waals surface area contributed by atoms with Gasteiger partial charge in [0.15, 0.2) is 0 Å². The summed E-state index contributed by atoms with van der Waals surface area (Å²) in [5.74, 6) is 0.0262. The van der Waals surface area contributed by atoms with Crippen LogP contribution in [0.4, 0.5) is 0 Å². The molecule has 1 rings (SSSR count). The summed E-state index contributed by atoms with van der Waals surface area (Å²) in [6, 6.07) is -0.0292. The van der Waals surface area contributed by atoms with Crippen LogP contribution in [-0.2, 0) is 9.53 Å². The number of ether oxygens (including phenoxy) is 1. The third-order valence-corrected chi connectivity index (χ3v) is 2.83. The van der Waals surface area contributed by atoms with Crippen molar-refractivity contribution in [2.75, 3.05) is 6.61 Å². The van der Waals surface area contributed by atoms with Gasteiger partial charge in [0.2, 0.25) is 5.91 Å². The number of hydrogen-bond acceptors (Lipinski definition) is 3. The largest absolute Gasteiger partial charge is 0.391 e. The first-order valence-corrected chi connectivity index (χ1v) is 6.18. The molecule has 0 aromatic heterocycles. The Bertz CT molecular complexity index is 218. The number of carbonyl (C=O) groups is 1. The number of nitrogens with one attached hydrogen (secondary N) is 1. The van der Waals surface area contributed by atoms with Crippen LogP contribution in [0.25, 0.3) is 0 Å². The van der Waals surface area contributed by atoms with Crippen molar-refractivity contribution < 1.29 is 14.6 Å². The highest BCUT2D eigenvalue weighted by Gasteiger charge is 2.26. The van der Waals surface area contributed by atoms with Crippen molar-refractivity contribution in [2.24, 2.45) is 0 Å². The molecule has 0 aromatic rings. The highest BCUT2D eigenvalue weighted by Crippen LogP contribution is 2.18. The average molecular weight is 229 g/mol. The molecular formula is C12H23NO3. The third kappa shape index (κ3) is 4.94. The van der Waals surface area contributed by atoms with Gasteiger partial charge in [-0.3, -0.25) is 4.79 Å². The van der Waals surface area contributed by atoms with Crippen LogP contribution in [0.2, 0.25) is 0 Å². The van der Waals surface area contributed by atoms with E-state index in [4.69, 9.17) is 4.74 Å². The molecule has 1 amide bonds. The second-order valence-electron chi connectivity index (χ2n) is 4.70. The Kier molecular flexibility index (Phi) is 5.77. The maximum Gasteiger partial charge on any atom is 0.220 e. The van der Waals surface area contributed by atoms with Crippen molar-refractivity contribution in [1.82, 2.24) is 5.32 Å². The number of rotatable bonds is 6. The molecule has 0 radical (unpaired) electrons. The topological polar surface area (TPSA) is 58.6 Å². The minimum Gasteiger partial charge on any atom is -0.391 e. The molecule has 4 heteroatoms. The lowest BCUT2D eigenvalue weighted by molar-refractivity contribution is -0.122. The molecule has 0 spiro atoms. The van der Waals surface area contributed by atoms with Crippen molar-refractivity contribution in [2.45, 2.75) is 64.2 Å². The van der Waals surface area contributed by atoms with E-state index in [0.29, 0.717) is 13.0 Å². The fourth-order valence-electron chi connectivity index (χ4n) is 1.94. The maximum absolute atomic E-state index is 11.5. The molecule has 1 aliphatic carbocycles. The van der Waals surface area contributed by atoms with Crippen LogP contribution in [0.5, 0.6) is 0 Å². The summed E-state index contributed by atoms with van der Waals surface area (Å²) in [5, 5.41) is 12.4. The molecule has 4 nitrogen and oxygen atoms in total. The summed E-state index contributed by atoms with van der Waals surface area (Å²) in [4.78, 5) is 11.5. The zero-order valence-electron chi connectivity index (χ0n) is 10.2. The van der Waals surface area contributed by atoms with Crippen LogP contribution in [0.1, 0.15) is 46.0 Å². The smallest absolute Gasteiger partial charge is 0.220 e. The van der Waals surface area contributed by atoms with Crippen LogP contribution in [0.15, 0.2) is 0 Å². The third-order valence-electron chi connectivity index (χ3n) is 2.83. The summed E-state index contributed by atoms with van der Waals surface area (Å²) >= 11 is 0. The molecule has 16 heavy (non-hydrogen) atoms. The van der Waals surface area contributed by atoms with Crippen LogP contribution in [0, 0.1) is 0 Å². The quantitative estimate of drug-likeness (QED) is 0.673. The molecule has 0 aromatic carbocycles. The van der Waals surface area contributed by atoms with Crippen molar-refractivity contribution in [3.8, 4) is 0 Å². The highest BCUT2D eigenvalue weighted by atomic mass is 16.5. The second-order valence-corrected chi connectivity index (χ2v) is 4.70. The Morgan fingerprint density at radius 3 is 2.81 bits per heavy atom. The molecule has 2 atom stereocenters. The Morgan fingerprint density at radius 1 is 1.50 bits per heavy atom. The van der Waals surface area contributed by atoms with Gasteiger partial charge in [-0.2, -0.15) is 0 Å². The summed E-state index contributed by atoms with van der Waals surface area (Å²) in [6.07, 6.45) is 3.80. The highest BCUT2D eigenvalue weighted by molar-refractivity contribution is 5.76. The molecule has 1 fully saturated rings. The van der Waals surface area contributed by atoms with E-state index in [1.165, 1.54) is 0 Å². The predicted octanol–water partition coefficient (Wildman–Crippen LogP) is 1.22. The fraction of sp³-hybridized carbons (Fsp3) is 0.917. The van der Waals surface area contributed by atoms with Crippen LogP contribution < -0.4 is 5.32 Å². The molecule has 1 aliphatic rings. The number of aliphatic hydroxyl groups is 1. The SMILES string of the molecule is CC(C)OCCCC(=O)N[C@H]1CCC[C@@H]1O. The fourth-order valence-corrected chi connectivity index (χ4v) is 1.94. The van der Waals surface area contributed by atoms with Gasteiger partial charge in [-0.15, -0.1) is 0 Å². The average Bonchev–Trinajstić information content (AvgIpc) is 2.59. The van der Waals surface area contributed by atoms with Gasteiger partial charge in [0.25, 0.3) is 0 Å². The number of carbonyl (C=O) groups excluding carboxylic acids is 1. The van der Waals surface area contributed by atoms with Gasteiger partial charge in [-0.05, 0) is 39.5 Å². The molecule has 94 valence electrons. The standard InChI is InChI=1S/C12H23NO3/c1-9(2)16-8-4-7-12(15)13-10-5-3-6-11(10)14/h9-11,14H,3-8H2,1-2H3,(H,13,15)/t10-,11-/m0/s1. The number of hydrogen-bond donors (Lipinski definition) is 2. The van der Waals surface area contributed by atoms with E-state index in [1.54, 1.807) is 0 Å². The lowest BCUT2D eigenvalue weighted by Gasteiger charge is -2.16. The van der Waals surface area contributed by atoms with Gasteiger partial charge in [0.1, 0.15) is 0 Å². The first kappa shape index (κ1) is 13.5. The minimum absolute atomic E-state index is 0.0262. The van der Waals surface area contributed by atoms with Gasteiger partial charge < -0.3 is 15.2 Å². The monoisotopic (exact) mass is 229 g/mol. The molecule has 0 aliphatic heterocycles. The lowest BCUT2D eigenvalue weighted by Crippen LogP contribution is -2.39. The minimum atomic E-state index is -0.351. The van der Waals surface area contributed by atoms with Crippen molar-refractivity contribution in [3.05, 3.63) is 0 Å². The van der Waals surface area contributed by atoms with Crippen molar-refractivity contribution >= 4 is 5.91 Å². The van der Waals surface area contributed by atoms with E-state index >= 15 is 0 Å². The first-order valence-electron chi connectivity index (χ1n) is 6.18. The Balaban J connectivity index is 2.06. The van der Waals surface area contributed by atoms with Gasteiger partial charge in [0, 0.05) is 13.0 Å². The Hall–Kier alpha value is -0.610. The van der Waals surface area contributed by atoms with Crippen LogP contribution in [-0.4, -0.2) is 35.9 Å². The first-order chi connectivity index (χ1) is 7.59. The van der Waals surface area contributed by atoms with E-state index in [0.717, 1.165) is 25.7 Å². The summed E-state index contributed by atoms with van der Waals surface area (Å²) in [5.41, 5.74) is 0. The molecule has 0 heterocycles. The Labute approximate surface area is 97.4 Å². The van der Waals surface area contributed by atoms with Gasteiger partial charge in [0.05, 0.1) is 18.2 Å². The van der Waals surface area contributed by atoms with Gasteiger partial charge in [-0.25, -0.2) is 0 Å². The zero-order valence-corrected chi connectivity index (χ0v) is 10.2. The molecule has 0 saturated heterocycles. The molecule has 0 bridgehead atoms. The van der Waals surface area contributed by atoms with Gasteiger partial charge >= 0.3 is 0 Å². The molecule has 2 N–H and O–H groups in total. The number of aliphatic hydroxyl groups excluding tert-OH is 1. The zero-order chi connectivity index (χ0) is 12.0. The summed E-state index contributed by atoms with van der Waals surface area (Å²) in [7, 11) is 0. The molecule has 0 unspecified atom stereocenters. The van der Waals surface area contributed by atoms with E-state index in [9.17, 15) is 9.90 Å². The van der Waals surface area contributed by atoms with Crippen molar-refractivity contribution in [3.63, 3.8) is 0 Å². The second kappa shape index (κ2) is 6.86. The van der Waals surface area contributed by atoms with Crippen LogP contribution >= 0.6 is 0 Å². The number of amides is 1. The molecular weight excluding hydrogens is 206 g/mol. The van der Waals surface area contributed by atoms with E-state index in [1.807, 2.05) is 13.8 Å². The summed E-state index contributed by atoms with van der Waals surface area (Å²) in [6.45, 7) is 4.59. The van der Waals surface area contributed by atoms with E-state index < -0.39 is 0 Å². The Morgan fingerprint density at radius 2 is 2.25 bits per heavy atom. The lowest BCUT2D eigenvalue weighted by atomic mass is 10.2.